The van der Waals surface area contributed by atoms with Gasteiger partial charge in [0.15, 0.2) is 0 Å². The van der Waals surface area contributed by atoms with Gasteiger partial charge in [0.25, 0.3) is 0 Å². The third kappa shape index (κ3) is 4.16. The van der Waals surface area contributed by atoms with E-state index in [0.29, 0.717) is 31.7 Å². The van der Waals surface area contributed by atoms with Crippen LogP contribution in [0.3, 0.4) is 0 Å². The number of hydrogen-bond donors (Lipinski definition) is 0. The second-order valence-electron chi connectivity index (χ2n) is 5.06. The van der Waals surface area contributed by atoms with E-state index in [1.165, 1.54) is 16.6 Å². The Morgan fingerprint density at radius 2 is 1.95 bits per heavy atom. The Morgan fingerprint density at radius 3 is 2.55 bits per heavy atom. The Bertz CT molecular complexity index is 727. The Balaban J connectivity index is 1.96. The van der Waals surface area contributed by atoms with Crippen LogP contribution >= 0.6 is 0 Å². The summed E-state index contributed by atoms with van der Waals surface area (Å²) in [5.41, 5.74) is 1.32. The van der Waals surface area contributed by atoms with Crippen molar-refractivity contribution < 1.29 is 13.2 Å². The highest BCUT2D eigenvalue weighted by molar-refractivity contribution is 7.88. The summed E-state index contributed by atoms with van der Waals surface area (Å²) in [6.45, 7) is 1.41. The van der Waals surface area contributed by atoms with Crippen molar-refractivity contribution in [3.05, 3.63) is 41.5 Å². The van der Waals surface area contributed by atoms with Crippen LogP contribution in [-0.2, 0) is 14.8 Å². The number of piperazine rings is 1. The highest BCUT2D eigenvalue weighted by Crippen LogP contribution is 2.09. The molecule has 1 saturated heterocycles. The van der Waals surface area contributed by atoms with Gasteiger partial charge in [-0.15, -0.1) is 0 Å². The normalized spacial score (nSPS) is 16.6. The Kier molecular flexibility index (Phi) is 4.96. The van der Waals surface area contributed by atoms with Gasteiger partial charge in [0, 0.05) is 32.3 Å². The predicted molar refractivity (Wildman–Crippen MR) is 83.2 cm³/mol. The molecule has 0 unspecified atom stereocenters. The van der Waals surface area contributed by atoms with E-state index in [9.17, 15) is 13.2 Å². The fourth-order valence-electron chi connectivity index (χ4n) is 2.22. The molecule has 0 bridgehead atoms. The molecule has 1 fully saturated rings. The lowest BCUT2D eigenvalue weighted by atomic mass is 10.1. The summed E-state index contributed by atoms with van der Waals surface area (Å²) in [6.07, 6.45) is 4.28. The topological polar surface area (TPSA) is 81.5 Å². The average molecular weight is 319 g/mol. The van der Waals surface area contributed by atoms with Crippen molar-refractivity contribution in [2.75, 3.05) is 32.4 Å². The smallest absolute Gasteiger partial charge is 0.246 e. The molecule has 1 aromatic carbocycles. The molecule has 1 amide bonds. The molecule has 2 rings (SSSR count). The number of carbonyl (C=O) groups is 1. The molecule has 1 heterocycles. The average Bonchev–Trinajstić information content (AvgIpc) is 2.52. The van der Waals surface area contributed by atoms with Crippen molar-refractivity contribution in [2.24, 2.45) is 0 Å². The van der Waals surface area contributed by atoms with Crippen LogP contribution in [0.5, 0.6) is 0 Å². The monoisotopic (exact) mass is 319 g/mol. The Labute approximate surface area is 130 Å². The number of carbonyl (C=O) groups excluding carboxylic acids is 1. The number of rotatable bonds is 3. The van der Waals surface area contributed by atoms with E-state index >= 15 is 0 Å². The summed E-state index contributed by atoms with van der Waals surface area (Å²) in [5, 5.41) is 8.83. The maximum absolute atomic E-state index is 12.1. The molecule has 6 nitrogen and oxygen atoms in total. The zero-order chi connectivity index (χ0) is 16.2. The summed E-state index contributed by atoms with van der Waals surface area (Å²) in [4.78, 5) is 13.7. The van der Waals surface area contributed by atoms with Crippen LogP contribution in [0.4, 0.5) is 0 Å². The van der Waals surface area contributed by atoms with Crippen molar-refractivity contribution >= 4 is 22.0 Å². The second kappa shape index (κ2) is 6.73. The fourth-order valence-corrected chi connectivity index (χ4v) is 3.05. The molecule has 116 valence electrons. The first kappa shape index (κ1) is 16.2. The van der Waals surface area contributed by atoms with Crippen molar-refractivity contribution in [2.45, 2.75) is 0 Å². The van der Waals surface area contributed by atoms with Crippen molar-refractivity contribution in [3.8, 4) is 6.07 Å². The molecule has 0 spiro atoms. The molecule has 1 aliphatic heterocycles. The maximum atomic E-state index is 12.1. The number of nitriles is 1. The number of hydrogen-bond acceptors (Lipinski definition) is 4. The van der Waals surface area contributed by atoms with Gasteiger partial charge in [-0.3, -0.25) is 4.79 Å². The van der Waals surface area contributed by atoms with Crippen LogP contribution in [0.15, 0.2) is 30.3 Å². The van der Waals surface area contributed by atoms with Gasteiger partial charge in [0.2, 0.25) is 15.9 Å². The van der Waals surface area contributed by atoms with Crippen molar-refractivity contribution in [1.82, 2.24) is 9.21 Å². The van der Waals surface area contributed by atoms with Gasteiger partial charge in [0.1, 0.15) is 0 Å². The van der Waals surface area contributed by atoms with E-state index < -0.39 is 10.0 Å². The second-order valence-corrected chi connectivity index (χ2v) is 7.04. The summed E-state index contributed by atoms with van der Waals surface area (Å²) >= 11 is 0. The molecule has 0 saturated carbocycles. The number of benzene rings is 1. The highest BCUT2D eigenvalue weighted by atomic mass is 32.2. The van der Waals surface area contributed by atoms with E-state index in [1.54, 1.807) is 29.2 Å². The van der Waals surface area contributed by atoms with Crippen LogP contribution in [0.1, 0.15) is 11.1 Å². The molecule has 0 aromatic heterocycles. The van der Waals surface area contributed by atoms with Crippen LogP contribution in [0, 0.1) is 11.3 Å². The van der Waals surface area contributed by atoms with Crippen LogP contribution in [0.25, 0.3) is 6.08 Å². The molecular formula is C15H17N3O3S. The maximum Gasteiger partial charge on any atom is 0.246 e. The first-order valence-electron chi connectivity index (χ1n) is 6.82. The Morgan fingerprint density at radius 1 is 1.27 bits per heavy atom. The first-order valence-corrected chi connectivity index (χ1v) is 8.67. The third-order valence-electron chi connectivity index (χ3n) is 3.45. The van der Waals surface area contributed by atoms with Crippen molar-refractivity contribution in [1.29, 1.82) is 5.26 Å². The predicted octanol–water partition coefficient (Wildman–Crippen LogP) is 0.675. The van der Waals surface area contributed by atoms with Gasteiger partial charge < -0.3 is 4.90 Å². The van der Waals surface area contributed by atoms with E-state index in [0.717, 1.165) is 5.56 Å². The highest BCUT2D eigenvalue weighted by Gasteiger charge is 2.24. The zero-order valence-electron chi connectivity index (χ0n) is 12.3. The molecule has 1 aromatic rings. The standard InChI is InChI=1S/C15H17N3O3S/c1-22(20,21)18-9-7-17(8-10-18)15(19)6-5-13-3-2-4-14(11-13)12-16/h2-6,11H,7-10H2,1H3/b6-5+. The van der Waals surface area contributed by atoms with Gasteiger partial charge in [-0.05, 0) is 23.8 Å². The number of sulfonamides is 1. The van der Waals surface area contributed by atoms with Crippen LogP contribution in [0.2, 0.25) is 0 Å². The SMILES string of the molecule is CS(=O)(=O)N1CCN(C(=O)/C=C/c2cccc(C#N)c2)CC1. The van der Waals surface area contributed by atoms with Gasteiger partial charge in [-0.25, -0.2) is 8.42 Å². The van der Waals surface area contributed by atoms with E-state index in [1.807, 2.05) is 12.1 Å². The van der Waals surface area contributed by atoms with Crippen LogP contribution < -0.4 is 0 Å². The van der Waals surface area contributed by atoms with Crippen LogP contribution in [-0.4, -0.2) is 56.0 Å². The first-order chi connectivity index (χ1) is 10.4. The summed E-state index contributed by atoms with van der Waals surface area (Å²) in [6, 6.07) is 9.01. The lowest BCUT2D eigenvalue weighted by Crippen LogP contribution is -2.49. The van der Waals surface area contributed by atoms with Gasteiger partial charge in [-0.2, -0.15) is 9.57 Å². The minimum absolute atomic E-state index is 0.157. The molecular weight excluding hydrogens is 302 g/mol. The number of amides is 1. The largest absolute Gasteiger partial charge is 0.337 e. The van der Waals surface area contributed by atoms with E-state index in [-0.39, 0.29) is 5.91 Å². The summed E-state index contributed by atoms with van der Waals surface area (Å²) in [5.74, 6) is -0.157. The van der Waals surface area contributed by atoms with E-state index in [2.05, 4.69) is 0 Å². The van der Waals surface area contributed by atoms with Gasteiger partial charge in [-0.1, -0.05) is 12.1 Å². The fraction of sp³-hybridized carbons (Fsp3) is 0.333. The quantitative estimate of drug-likeness (QED) is 0.767. The molecule has 0 radical (unpaired) electrons. The Hall–Kier alpha value is -2.17. The summed E-state index contributed by atoms with van der Waals surface area (Å²) < 4.78 is 24.2. The van der Waals surface area contributed by atoms with Gasteiger partial charge >= 0.3 is 0 Å². The number of nitrogens with zero attached hydrogens (tertiary/aromatic N) is 3. The molecule has 7 heteroatoms. The minimum atomic E-state index is -3.19. The van der Waals surface area contributed by atoms with E-state index in [4.69, 9.17) is 5.26 Å². The lowest BCUT2D eigenvalue weighted by molar-refractivity contribution is -0.127. The third-order valence-corrected chi connectivity index (χ3v) is 4.76. The molecule has 0 atom stereocenters. The van der Waals surface area contributed by atoms with Crippen molar-refractivity contribution in [3.63, 3.8) is 0 Å². The lowest BCUT2D eigenvalue weighted by Gasteiger charge is -2.32. The zero-order valence-corrected chi connectivity index (χ0v) is 13.1. The molecule has 0 aliphatic carbocycles. The molecule has 1 aliphatic rings. The molecule has 0 N–H and O–H groups in total. The summed E-state index contributed by atoms with van der Waals surface area (Å²) in [7, 11) is -3.19. The minimum Gasteiger partial charge on any atom is -0.337 e. The molecule has 22 heavy (non-hydrogen) atoms. The van der Waals surface area contributed by atoms with Gasteiger partial charge in [0.05, 0.1) is 17.9 Å².